The first-order valence-electron chi connectivity index (χ1n) is 6.65. The van der Waals surface area contributed by atoms with E-state index < -0.39 is 5.97 Å². The number of aromatic nitrogens is 1. The van der Waals surface area contributed by atoms with Gasteiger partial charge in [-0.15, -0.1) is 0 Å². The molecule has 0 unspecified atom stereocenters. The Labute approximate surface area is 122 Å². The van der Waals surface area contributed by atoms with Crippen LogP contribution in [0, 0.1) is 0 Å². The highest BCUT2D eigenvalue weighted by Gasteiger charge is 2.05. The van der Waals surface area contributed by atoms with Gasteiger partial charge in [0.05, 0.1) is 12.2 Å². The van der Waals surface area contributed by atoms with Gasteiger partial charge in [-0.25, -0.2) is 9.78 Å². The second-order valence-corrected chi connectivity index (χ2v) is 4.70. The van der Waals surface area contributed by atoms with Crippen LogP contribution in [0.15, 0.2) is 60.7 Å². The summed E-state index contributed by atoms with van der Waals surface area (Å²) in [7, 11) is 0. The summed E-state index contributed by atoms with van der Waals surface area (Å²) in [6.07, 6.45) is 0. The quantitative estimate of drug-likeness (QED) is 0.766. The summed E-state index contributed by atoms with van der Waals surface area (Å²) < 4.78 is 0. The predicted octanol–water partition coefficient (Wildman–Crippen LogP) is 3.55. The van der Waals surface area contributed by atoms with E-state index in [2.05, 4.69) is 28.5 Å². The van der Waals surface area contributed by atoms with Crippen molar-refractivity contribution in [2.45, 2.75) is 6.54 Å². The van der Waals surface area contributed by atoms with Crippen LogP contribution in [0.4, 0.5) is 5.69 Å². The van der Waals surface area contributed by atoms with Crippen molar-refractivity contribution in [3.05, 3.63) is 72.1 Å². The number of carboxylic acid groups (broad SMARTS) is 1. The minimum absolute atomic E-state index is 0.0622. The largest absolute Gasteiger partial charge is 0.477 e. The predicted molar refractivity (Wildman–Crippen MR) is 82.5 cm³/mol. The fourth-order valence-electron chi connectivity index (χ4n) is 2.26. The molecule has 3 aromatic rings. The molecule has 0 spiro atoms. The van der Waals surface area contributed by atoms with Crippen LogP contribution in [0.25, 0.3) is 10.8 Å². The number of anilines is 1. The Morgan fingerprint density at radius 3 is 2.62 bits per heavy atom. The summed E-state index contributed by atoms with van der Waals surface area (Å²) in [5, 5.41) is 14.6. The van der Waals surface area contributed by atoms with Gasteiger partial charge in [0.15, 0.2) is 0 Å². The molecule has 0 amide bonds. The number of carbonyl (C=O) groups is 1. The molecule has 0 aliphatic rings. The molecular formula is C17H14N2O2. The first-order chi connectivity index (χ1) is 10.2. The van der Waals surface area contributed by atoms with Crippen molar-refractivity contribution in [2.75, 3.05) is 5.32 Å². The van der Waals surface area contributed by atoms with Gasteiger partial charge in [0.2, 0.25) is 0 Å². The zero-order valence-electron chi connectivity index (χ0n) is 11.3. The van der Waals surface area contributed by atoms with E-state index in [0.29, 0.717) is 12.2 Å². The Kier molecular flexibility index (Phi) is 3.51. The number of nitrogens with zero attached hydrogens (tertiary/aromatic N) is 1. The Balaban J connectivity index is 1.84. The average molecular weight is 278 g/mol. The smallest absolute Gasteiger partial charge is 0.354 e. The maximum absolute atomic E-state index is 10.9. The van der Waals surface area contributed by atoms with Gasteiger partial charge in [-0.1, -0.05) is 42.5 Å². The fourth-order valence-corrected chi connectivity index (χ4v) is 2.26. The van der Waals surface area contributed by atoms with Crippen molar-refractivity contribution in [2.24, 2.45) is 0 Å². The number of aromatic carboxylic acids is 1. The van der Waals surface area contributed by atoms with E-state index >= 15 is 0 Å². The van der Waals surface area contributed by atoms with Gasteiger partial charge < -0.3 is 10.4 Å². The van der Waals surface area contributed by atoms with Crippen LogP contribution in [0.3, 0.4) is 0 Å². The number of rotatable bonds is 4. The third-order valence-corrected chi connectivity index (χ3v) is 3.28. The summed E-state index contributed by atoms with van der Waals surface area (Å²) in [5.41, 5.74) is 1.77. The summed E-state index contributed by atoms with van der Waals surface area (Å²) in [6, 6.07) is 19.2. The molecule has 2 aromatic carbocycles. The summed E-state index contributed by atoms with van der Waals surface area (Å²) >= 11 is 0. The lowest BCUT2D eigenvalue weighted by atomic mass is 10.1. The van der Waals surface area contributed by atoms with Crippen LogP contribution in [0.2, 0.25) is 0 Å². The molecule has 3 rings (SSSR count). The van der Waals surface area contributed by atoms with Crippen molar-refractivity contribution in [3.8, 4) is 0 Å². The van der Waals surface area contributed by atoms with E-state index in [4.69, 9.17) is 5.11 Å². The second kappa shape index (κ2) is 5.63. The number of hydrogen-bond donors (Lipinski definition) is 2. The number of hydrogen-bond acceptors (Lipinski definition) is 3. The highest BCUT2D eigenvalue weighted by molar-refractivity contribution is 5.93. The zero-order valence-corrected chi connectivity index (χ0v) is 11.3. The number of nitrogens with one attached hydrogen (secondary N) is 1. The van der Waals surface area contributed by atoms with Gasteiger partial charge >= 0.3 is 5.97 Å². The first-order valence-corrected chi connectivity index (χ1v) is 6.65. The van der Waals surface area contributed by atoms with Crippen molar-refractivity contribution in [1.29, 1.82) is 0 Å². The van der Waals surface area contributed by atoms with Crippen molar-refractivity contribution in [3.63, 3.8) is 0 Å². The van der Waals surface area contributed by atoms with E-state index in [1.807, 2.05) is 30.3 Å². The molecule has 0 saturated carbocycles. The molecular weight excluding hydrogens is 264 g/mol. The molecule has 0 atom stereocenters. The molecule has 2 N–H and O–H groups in total. The summed E-state index contributed by atoms with van der Waals surface area (Å²) in [6.45, 7) is 0.481. The SMILES string of the molecule is O=C(O)c1cccc(CNc2cccc3ccccc23)n1. The Morgan fingerprint density at radius 1 is 1.00 bits per heavy atom. The van der Waals surface area contributed by atoms with E-state index in [9.17, 15) is 4.79 Å². The Morgan fingerprint density at radius 2 is 1.76 bits per heavy atom. The standard InChI is InChI=1S/C17H14N2O2/c20-17(21)16-10-4-7-13(19-16)11-18-15-9-3-6-12-5-1-2-8-14(12)15/h1-10,18H,11H2,(H,20,21). The highest BCUT2D eigenvalue weighted by Crippen LogP contribution is 2.23. The van der Waals surface area contributed by atoms with Crippen molar-refractivity contribution < 1.29 is 9.90 Å². The molecule has 1 heterocycles. The van der Waals surface area contributed by atoms with E-state index in [1.165, 1.54) is 6.07 Å². The third kappa shape index (κ3) is 2.84. The molecule has 0 bridgehead atoms. The summed E-state index contributed by atoms with van der Waals surface area (Å²) in [4.78, 5) is 15.0. The van der Waals surface area contributed by atoms with Crippen LogP contribution in [0.5, 0.6) is 0 Å². The fraction of sp³-hybridized carbons (Fsp3) is 0.0588. The van der Waals surface area contributed by atoms with Crippen molar-refractivity contribution in [1.82, 2.24) is 4.98 Å². The number of fused-ring (bicyclic) bond motifs is 1. The van der Waals surface area contributed by atoms with Gasteiger partial charge in [-0.05, 0) is 23.6 Å². The molecule has 0 aliphatic carbocycles. The zero-order chi connectivity index (χ0) is 14.7. The van der Waals surface area contributed by atoms with E-state index in [1.54, 1.807) is 6.07 Å². The first kappa shape index (κ1) is 13.1. The van der Waals surface area contributed by atoms with Crippen LogP contribution < -0.4 is 5.32 Å². The number of benzene rings is 2. The van der Waals surface area contributed by atoms with E-state index in [-0.39, 0.29) is 5.69 Å². The average Bonchev–Trinajstić information content (AvgIpc) is 2.53. The third-order valence-electron chi connectivity index (χ3n) is 3.28. The summed E-state index contributed by atoms with van der Waals surface area (Å²) in [5.74, 6) is -1.01. The molecule has 4 heteroatoms. The lowest BCUT2D eigenvalue weighted by Gasteiger charge is -2.09. The number of pyridine rings is 1. The maximum atomic E-state index is 10.9. The van der Waals surface area contributed by atoms with Gasteiger partial charge in [-0.3, -0.25) is 0 Å². The van der Waals surface area contributed by atoms with Crippen LogP contribution in [0.1, 0.15) is 16.2 Å². The molecule has 4 nitrogen and oxygen atoms in total. The molecule has 1 aromatic heterocycles. The molecule has 0 aliphatic heterocycles. The molecule has 0 radical (unpaired) electrons. The van der Waals surface area contributed by atoms with Gasteiger partial charge in [0, 0.05) is 11.1 Å². The lowest BCUT2D eigenvalue weighted by Crippen LogP contribution is -2.06. The van der Waals surface area contributed by atoms with Crippen molar-refractivity contribution >= 4 is 22.4 Å². The van der Waals surface area contributed by atoms with Gasteiger partial charge in [-0.2, -0.15) is 0 Å². The van der Waals surface area contributed by atoms with E-state index in [0.717, 1.165) is 16.5 Å². The maximum Gasteiger partial charge on any atom is 0.354 e. The van der Waals surface area contributed by atoms with Gasteiger partial charge in [0.25, 0.3) is 0 Å². The molecule has 21 heavy (non-hydrogen) atoms. The highest BCUT2D eigenvalue weighted by atomic mass is 16.4. The Hall–Kier alpha value is -2.88. The second-order valence-electron chi connectivity index (χ2n) is 4.70. The lowest BCUT2D eigenvalue weighted by molar-refractivity contribution is 0.0690. The Bertz CT molecular complexity index is 794. The molecule has 0 saturated heterocycles. The monoisotopic (exact) mass is 278 g/mol. The van der Waals surface area contributed by atoms with Crippen LogP contribution >= 0.6 is 0 Å². The van der Waals surface area contributed by atoms with Crippen LogP contribution in [-0.4, -0.2) is 16.1 Å². The normalized spacial score (nSPS) is 10.5. The van der Waals surface area contributed by atoms with Crippen LogP contribution in [-0.2, 0) is 6.54 Å². The molecule has 104 valence electrons. The number of carboxylic acids is 1. The minimum Gasteiger partial charge on any atom is -0.477 e. The van der Waals surface area contributed by atoms with Gasteiger partial charge in [0.1, 0.15) is 5.69 Å². The topological polar surface area (TPSA) is 62.2 Å². The molecule has 0 fully saturated rings. The minimum atomic E-state index is -1.01.